The quantitative estimate of drug-likeness (QED) is 0.804. The summed E-state index contributed by atoms with van der Waals surface area (Å²) in [6, 6.07) is 9.87. The molecule has 1 fully saturated rings. The second-order valence-electron chi connectivity index (χ2n) is 7.60. The third kappa shape index (κ3) is 5.33. The van der Waals surface area contributed by atoms with Crippen LogP contribution >= 0.6 is 0 Å². The van der Waals surface area contributed by atoms with Gasteiger partial charge in [0.1, 0.15) is 5.82 Å². The van der Waals surface area contributed by atoms with Crippen LogP contribution in [-0.2, 0) is 14.6 Å². The normalized spacial score (nSPS) is 20.9. The van der Waals surface area contributed by atoms with Crippen LogP contribution in [0.5, 0.6) is 0 Å². The number of amides is 1. The summed E-state index contributed by atoms with van der Waals surface area (Å²) in [5.41, 5.74) is 1.30. The van der Waals surface area contributed by atoms with Gasteiger partial charge in [0, 0.05) is 25.5 Å². The first kappa shape index (κ1) is 21.3. The molecule has 2 aromatic rings. The van der Waals surface area contributed by atoms with Crippen molar-refractivity contribution in [2.24, 2.45) is 0 Å². The first-order valence-corrected chi connectivity index (χ1v) is 11.5. The van der Waals surface area contributed by atoms with Crippen LogP contribution in [0.3, 0.4) is 0 Å². The van der Waals surface area contributed by atoms with Gasteiger partial charge in [-0.1, -0.05) is 12.1 Å². The zero-order chi connectivity index (χ0) is 21.2. The monoisotopic (exact) mass is 417 g/mol. The van der Waals surface area contributed by atoms with E-state index in [1.165, 1.54) is 6.26 Å². The number of rotatable bonds is 5. The van der Waals surface area contributed by atoms with Crippen LogP contribution in [0.1, 0.15) is 42.7 Å². The molecule has 1 aromatic heterocycles. The van der Waals surface area contributed by atoms with Crippen molar-refractivity contribution < 1.29 is 17.9 Å². The van der Waals surface area contributed by atoms with Gasteiger partial charge < -0.3 is 15.0 Å². The molecule has 1 saturated heterocycles. The Hall–Kier alpha value is -2.45. The number of hydrogen-bond acceptors (Lipinski definition) is 6. The number of ether oxygens (including phenoxy) is 1. The van der Waals surface area contributed by atoms with Gasteiger partial charge in [0.15, 0.2) is 9.84 Å². The Morgan fingerprint density at radius 2 is 1.76 bits per heavy atom. The van der Waals surface area contributed by atoms with E-state index in [0.717, 1.165) is 24.5 Å². The molecule has 1 N–H and O–H groups in total. The van der Waals surface area contributed by atoms with Crippen LogP contribution < -0.4 is 10.2 Å². The predicted octanol–water partition coefficient (Wildman–Crippen LogP) is 2.59. The van der Waals surface area contributed by atoms with Gasteiger partial charge in [-0.2, -0.15) is 0 Å². The van der Waals surface area contributed by atoms with E-state index < -0.39 is 9.84 Å². The highest BCUT2D eigenvalue weighted by Crippen LogP contribution is 2.20. The van der Waals surface area contributed by atoms with Crippen molar-refractivity contribution in [2.45, 2.75) is 43.9 Å². The summed E-state index contributed by atoms with van der Waals surface area (Å²) in [6.07, 6.45) is 3.02. The Bertz CT molecular complexity index is 948. The molecule has 1 aliphatic heterocycles. The number of nitrogens with one attached hydrogen (secondary N) is 1. The van der Waals surface area contributed by atoms with Gasteiger partial charge in [-0.05, 0) is 50.6 Å². The number of pyridine rings is 1. The molecule has 3 rings (SSSR count). The van der Waals surface area contributed by atoms with Crippen LogP contribution in [0.2, 0.25) is 0 Å². The molecule has 29 heavy (non-hydrogen) atoms. The molecule has 8 heteroatoms. The van der Waals surface area contributed by atoms with Gasteiger partial charge in [0.25, 0.3) is 5.91 Å². The molecule has 0 radical (unpaired) electrons. The summed E-state index contributed by atoms with van der Waals surface area (Å²) in [4.78, 5) is 19.4. The summed E-state index contributed by atoms with van der Waals surface area (Å²) >= 11 is 0. The predicted molar refractivity (Wildman–Crippen MR) is 112 cm³/mol. The molecule has 1 amide bonds. The number of carbonyl (C=O) groups is 1. The molecule has 3 atom stereocenters. The minimum absolute atomic E-state index is 0.137. The Morgan fingerprint density at radius 1 is 1.14 bits per heavy atom. The van der Waals surface area contributed by atoms with Crippen molar-refractivity contribution in [1.82, 2.24) is 10.3 Å². The fraction of sp³-hybridized carbons (Fsp3) is 0.429. The summed E-state index contributed by atoms with van der Waals surface area (Å²) in [7, 11) is -3.24. The van der Waals surface area contributed by atoms with Gasteiger partial charge in [0.05, 0.1) is 28.7 Å². The van der Waals surface area contributed by atoms with Crippen molar-refractivity contribution in [3.63, 3.8) is 0 Å². The third-order valence-electron chi connectivity index (χ3n) is 4.91. The molecule has 0 bridgehead atoms. The summed E-state index contributed by atoms with van der Waals surface area (Å²) in [5.74, 6) is 0.598. The largest absolute Gasteiger partial charge is 0.372 e. The summed E-state index contributed by atoms with van der Waals surface area (Å²) < 4.78 is 28.9. The Balaban J connectivity index is 1.64. The van der Waals surface area contributed by atoms with E-state index in [4.69, 9.17) is 4.74 Å². The number of anilines is 1. The maximum atomic E-state index is 12.6. The molecular weight excluding hydrogens is 390 g/mol. The number of morpholine rings is 1. The van der Waals surface area contributed by atoms with Crippen molar-refractivity contribution in [3.8, 4) is 0 Å². The van der Waals surface area contributed by atoms with Crippen LogP contribution in [0.15, 0.2) is 47.5 Å². The van der Waals surface area contributed by atoms with Gasteiger partial charge in [0.2, 0.25) is 0 Å². The van der Waals surface area contributed by atoms with E-state index in [2.05, 4.69) is 15.2 Å². The molecule has 0 spiro atoms. The Morgan fingerprint density at radius 3 is 2.28 bits per heavy atom. The summed E-state index contributed by atoms with van der Waals surface area (Å²) in [5, 5.41) is 2.92. The van der Waals surface area contributed by atoms with Crippen molar-refractivity contribution in [2.75, 3.05) is 24.2 Å². The maximum absolute atomic E-state index is 12.6. The lowest BCUT2D eigenvalue weighted by molar-refractivity contribution is -0.00546. The molecule has 0 unspecified atom stereocenters. The second kappa shape index (κ2) is 8.51. The highest BCUT2D eigenvalue weighted by atomic mass is 32.2. The van der Waals surface area contributed by atoms with E-state index in [1.807, 2.05) is 26.8 Å². The van der Waals surface area contributed by atoms with Crippen LogP contribution in [0.4, 0.5) is 5.82 Å². The fourth-order valence-electron chi connectivity index (χ4n) is 3.44. The number of benzene rings is 1. The topological polar surface area (TPSA) is 88.6 Å². The smallest absolute Gasteiger partial charge is 0.253 e. The molecular formula is C21H27N3O4S. The lowest BCUT2D eigenvalue weighted by atomic mass is 10.1. The van der Waals surface area contributed by atoms with Gasteiger partial charge in [-0.15, -0.1) is 0 Å². The number of carbonyl (C=O) groups excluding carboxylic acids is 1. The van der Waals surface area contributed by atoms with Crippen molar-refractivity contribution in [3.05, 3.63) is 53.7 Å². The number of sulfone groups is 1. The molecule has 0 aliphatic carbocycles. The van der Waals surface area contributed by atoms with Crippen LogP contribution in [0.25, 0.3) is 0 Å². The molecule has 1 aromatic carbocycles. The van der Waals surface area contributed by atoms with Crippen LogP contribution in [-0.4, -0.2) is 50.9 Å². The molecule has 156 valence electrons. The average Bonchev–Trinajstić information content (AvgIpc) is 2.66. The SMILES string of the molecule is C[C@@H]1CN(c2ccc(C(=O)N[C@H](C)c3ccc(S(C)(=O)=O)cc3)cn2)C[C@@H](C)O1. The highest BCUT2D eigenvalue weighted by molar-refractivity contribution is 7.90. The lowest BCUT2D eigenvalue weighted by Gasteiger charge is -2.36. The molecule has 1 aliphatic rings. The van der Waals surface area contributed by atoms with Crippen LogP contribution in [0, 0.1) is 0 Å². The third-order valence-corrected chi connectivity index (χ3v) is 6.04. The standard InChI is InChI=1S/C21H27N3O4S/c1-14-12-24(13-15(2)28-14)20-10-7-18(11-22-20)21(25)23-16(3)17-5-8-19(9-6-17)29(4,26)27/h5-11,14-16H,12-13H2,1-4H3,(H,23,25)/t14-,15-,16-/m1/s1. The second-order valence-corrected chi connectivity index (χ2v) is 9.62. The van der Waals surface area contributed by atoms with Gasteiger partial charge in [-0.3, -0.25) is 4.79 Å². The zero-order valence-electron chi connectivity index (χ0n) is 17.1. The minimum atomic E-state index is -3.24. The lowest BCUT2D eigenvalue weighted by Crippen LogP contribution is -2.45. The van der Waals surface area contributed by atoms with Gasteiger partial charge >= 0.3 is 0 Å². The van der Waals surface area contributed by atoms with E-state index in [9.17, 15) is 13.2 Å². The van der Waals surface area contributed by atoms with E-state index in [-0.39, 0.29) is 29.1 Å². The Labute approximate surface area is 172 Å². The first-order chi connectivity index (χ1) is 13.6. The van der Waals surface area contributed by atoms with E-state index in [0.29, 0.717) is 5.56 Å². The van der Waals surface area contributed by atoms with E-state index >= 15 is 0 Å². The van der Waals surface area contributed by atoms with Crippen molar-refractivity contribution >= 4 is 21.6 Å². The van der Waals surface area contributed by atoms with E-state index in [1.54, 1.807) is 36.5 Å². The van der Waals surface area contributed by atoms with Crippen molar-refractivity contribution in [1.29, 1.82) is 0 Å². The van der Waals surface area contributed by atoms with Gasteiger partial charge in [-0.25, -0.2) is 13.4 Å². The number of nitrogens with zero attached hydrogens (tertiary/aromatic N) is 2. The number of aromatic nitrogens is 1. The average molecular weight is 418 g/mol. The molecule has 7 nitrogen and oxygen atoms in total. The highest BCUT2D eigenvalue weighted by Gasteiger charge is 2.23. The molecule has 0 saturated carbocycles. The fourth-order valence-corrected chi connectivity index (χ4v) is 4.07. The summed E-state index contributed by atoms with van der Waals surface area (Å²) in [6.45, 7) is 7.46. The molecule has 2 heterocycles. The zero-order valence-corrected chi connectivity index (χ0v) is 17.9. The first-order valence-electron chi connectivity index (χ1n) is 9.61. The minimum Gasteiger partial charge on any atom is -0.372 e. The number of hydrogen-bond donors (Lipinski definition) is 1. The maximum Gasteiger partial charge on any atom is 0.253 e. The Kier molecular flexibility index (Phi) is 6.24.